The van der Waals surface area contributed by atoms with E-state index in [2.05, 4.69) is 222 Å². The van der Waals surface area contributed by atoms with Gasteiger partial charge in [0, 0.05) is 78.3 Å². The minimum Gasteiger partial charge on any atom is -0.487 e. The van der Waals surface area contributed by atoms with Crippen LogP contribution in [0.25, 0.3) is 64.6 Å². The Morgan fingerprint density at radius 3 is 1.09 bits per heavy atom. The molecule has 562 valence electrons. The number of benzene rings is 10. The summed E-state index contributed by atoms with van der Waals surface area (Å²) in [5, 5.41) is 22.9. The average Bonchev–Trinajstić information content (AvgIpc) is 0.848. The molecule has 8 nitrogen and oxygen atoms in total. The third kappa shape index (κ3) is 23.2. The molecule has 106 heavy (non-hydrogen) atoms. The molecule has 0 N–H and O–H groups in total. The van der Waals surface area contributed by atoms with Crippen molar-refractivity contribution in [1.82, 2.24) is 14.7 Å². The smallest absolute Gasteiger partial charge is 0.161 e. The Hall–Kier alpha value is -5.22. The normalized spacial score (nSPS) is 17.3. The summed E-state index contributed by atoms with van der Waals surface area (Å²) in [6.45, 7) is 10.4. The molecule has 0 unspecified atom stereocenters. The summed E-state index contributed by atoms with van der Waals surface area (Å²) in [5.41, 5.74) is 6.88. The number of nitrogens with zero attached hydrogens (tertiary/aromatic N) is 3. The van der Waals surface area contributed by atoms with Crippen molar-refractivity contribution in [3.8, 4) is 11.5 Å². The van der Waals surface area contributed by atoms with Gasteiger partial charge in [-0.25, -0.2) is 0 Å². The number of hydrogen-bond donors (Lipinski definition) is 0. The third-order valence-corrected chi connectivity index (χ3v) is 26.5. The summed E-state index contributed by atoms with van der Waals surface area (Å²) < 4.78 is 32.0. The molecule has 0 amide bonds. The molecule has 0 spiro atoms. The third-order valence-electron chi connectivity index (χ3n) is 21.4. The Labute approximate surface area is 670 Å². The van der Waals surface area contributed by atoms with Gasteiger partial charge in [0.2, 0.25) is 0 Å². The molecule has 10 aromatic carbocycles. The van der Waals surface area contributed by atoms with Crippen LogP contribution in [-0.2, 0) is 74.4 Å². The molecule has 17 rings (SSSR count). The molecule has 7 aliphatic rings. The fraction of sp³-hybridized carbons (Fsp3) is 0.413. The van der Waals surface area contributed by atoms with E-state index in [-0.39, 0.29) is 34.1 Å². The predicted molar refractivity (Wildman–Crippen MR) is 451 cm³/mol. The van der Waals surface area contributed by atoms with Crippen molar-refractivity contribution < 1.29 is 57.8 Å². The van der Waals surface area contributed by atoms with E-state index in [9.17, 15) is 0 Å². The van der Waals surface area contributed by atoms with Gasteiger partial charge in [-0.05, 0) is 198 Å². The molecule has 0 saturated heterocycles. The summed E-state index contributed by atoms with van der Waals surface area (Å²) in [7, 11) is 6.81. The molecule has 4 fully saturated rings. The van der Waals surface area contributed by atoms with Gasteiger partial charge < -0.3 is 33.5 Å². The van der Waals surface area contributed by atoms with Crippen LogP contribution in [0, 0.1) is 11.8 Å². The van der Waals surface area contributed by atoms with Crippen molar-refractivity contribution in [3.63, 3.8) is 0 Å². The van der Waals surface area contributed by atoms with E-state index in [0.29, 0.717) is 52.9 Å². The van der Waals surface area contributed by atoms with Crippen molar-refractivity contribution >= 4 is 112 Å². The van der Waals surface area contributed by atoms with Crippen LogP contribution in [-0.4, -0.2) is 108 Å². The second-order valence-corrected chi connectivity index (χ2v) is 33.8. The fourth-order valence-electron chi connectivity index (χ4n) is 16.3. The van der Waals surface area contributed by atoms with Crippen LogP contribution in [0.1, 0.15) is 143 Å². The van der Waals surface area contributed by atoms with E-state index in [1.54, 1.807) is 0 Å². The number of rotatable bonds is 14. The molecule has 0 atom stereocenters. The SMILES string of the molecule is C1CCCC1.C1CCCC1.CN(CC1=CSC(=C2SC=CS2)S1)Cc1c2ccccc2cc2ccccc12.CN(Cc1c2ccccc2c(Cc2ccc3c(c2)OCCOCCOCCOCCO3)c2ccccc12)CC1CCCC1.CN(Cc1c2ccccc2cc2ccccc12)CC1CCCC1.[Fe].[Fe]. The van der Waals surface area contributed by atoms with Crippen LogP contribution >= 0.6 is 47.0 Å². The van der Waals surface area contributed by atoms with E-state index >= 15 is 0 Å². The Kier molecular flexibility index (Phi) is 33.5. The van der Waals surface area contributed by atoms with Gasteiger partial charge in [0.1, 0.15) is 13.2 Å². The van der Waals surface area contributed by atoms with Crippen LogP contribution < -0.4 is 9.47 Å². The second kappa shape index (κ2) is 43.4. The Morgan fingerprint density at radius 1 is 0.330 bits per heavy atom. The molecule has 4 saturated carbocycles. The summed E-state index contributed by atoms with van der Waals surface area (Å²) in [4.78, 5) is 8.95. The minimum atomic E-state index is 0. The molecule has 0 aromatic heterocycles. The molecule has 3 heterocycles. The van der Waals surface area contributed by atoms with Gasteiger partial charge in [-0.2, -0.15) is 0 Å². The first-order chi connectivity index (χ1) is 51.3. The average molecular weight is 1580 g/mol. The monoisotopic (exact) mass is 1580 g/mol. The fourth-order valence-corrected chi connectivity index (χ4v) is 20.9. The maximum absolute atomic E-state index is 6.20. The van der Waals surface area contributed by atoms with Crippen LogP contribution in [0.2, 0.25) is 0 Å². The van der Waals surface area contributed by atoms with E-state index in [4.69, 9.17) is 23.7 Å². The van der Waals surface area contributed by atoms with E-state index in [1.165, 1.54) is 234 Å². The number of likely N-dealkylation sites (N-methyl/N-ethyl adjacent to an activating group) is 1. The summed E-state index contributed by atoms with van der Waals surface area (Å²) in [6, 6.07) is 64.0. The predicted octanol–water partition coefficient (Wildman–Crippen LogP) is 24.4. The van der Waals surface area contributed by atoms with Gasteiger partial charge >= 0.3 is 0 Å². The van der Waals surface area contributed by atoms with Crippen molar-refractivity contribution in [3.05, 3.63) is 233 Å². The van der Waals surface area contributed by atoms with E-state index in [1.807, 2.05) is 53.1 Å². The zero-order valence-corrected chi connectivity index (χ0v) is 68.2. The van der Waals surface area contributed by atoms with Gasteiger partial charge in [0.15, 0.2) is 11.5 Å². The maximum Gasteiger partial charge on any atom is 0.161 e. The van der Waals surface area contributed by atoms with Gasteiger partial charge in [-0.1, -0.05) is 289 Å². The van der Waals surface area contributed by atoms with Gasteiger partial charge in [0.25, 0.3) is 0 Å². The zero-order valence-electron chi connectivity index (χ0n) is 62.7. The first-order valence-electron chi connectivity index (χ1n) is 39.0. The van der Waals surface area contributed by atoms with E-state index in [0.717, 1.165) is 55.9 Å². The summed E-state index contributed by atoms with van der Waals surface area (Å²) in [6.07, 6.45) is 27.0. The Bertz CT molecular complexity index is 4310. The van der Waals surface area contributed by atoms with Crippen LogP contribution in [0.5, 0.6) is 11.5 Å². The largest absolute Gasteiger partial charge is 0.487 e. The molecule has 10 aromatic rings. The molecule has 4 aliphatic carbocycles. The quantitative estimate of drug-likeness (QED) is 0.0770. The number of fused-ring (bicyclic) bond motifs is 7. The molecule has 0 bridgehead atoms. The second-order valence-electron chi connectivity index (χ2n) is 29.4. The van der Waals surface area contributed by atoms with Crippen molar-refractivity contribution in [2.45, 2.75) is 142 Å². The van der Waals surface area contributed by atoms with Gasteiger partial charge in [-0.3, -0.25) is 4.90 Å². The first-order valence-corrected chi connectivity index (χ1v) is 42.4. The zero-order chi connectivity index (χ0) is 70.9. The van der Waals surface area contributed by atoms with Crippen molar-refractivity contribution in [2.24, 2.45) is 11.8 Å². The molecular formula is C92H109Fe2N3O5S4. The molecule has 14 heteroatoms. The molecular weight excluding hydrogens is 1470 g/mol. The topological polar surface area (TPSA) is 55.9 Å². The first kappa shape index (κ1) is 81.8. The van der Waals surface area contributed by atoms with Crippen molar-refractivity contribution in [1.29, 1.82) is 0 Å². The summed E-state index contributed by atoms with van der Waals surface area (Å²) in [5.74, 6) is 3.21. The Morgan fingerprint density at radius 2 is 0.679 bits per heavy atom. The van der Waals surface area contributed by atoms with Gasteiger partial charge in [-0.15, -0.1) is 0 Å². The Balaban J connectivity index is 0.000000153. The molecule has 0 radical (unpaired) electrons. The standard InChI is InChI=1S/C37H45NO5.C23H19NS4.C22H25N.2C5H10.2Fe/c1-38(26-28-8-2-3-9-28)27-35-32-12-6-4-10-30(32)34(31-11-5-7-13-33(31)35)24-29-14-15-36-37(25-29)43-23-21-41-19-17-39-16-18-40-20-22-42-36;1-24(13-18-15-27-23(28-18)22-25-10-11-26-22)14-21-19-8-4-2-6-16(19)12-17-7-3-5-9-20(17)21;1-23(15-17-8-2-3-9-17)16-22-20-12-6-4-10-18(20)14-19-11-5-7-13-21(19)22;2*1-2-4-5-3-1;;/h4-7,10-15,25,28H,2-3,8-9,16-24,26-27H2,1H3;2-12,15H,13-14H2,1H3;4-7,10-14,17H,2-3,8-9,15-16H2,1H3;2*1-5H2;;. The van der Waals surface area contributed by atoms with Crippen LogP contribution in [0.4, 0.5) is 0 Å². The number of thioether (sulfide) groups is 4. The number of hydrogen-bond acceptors (Lipinski definition) is 12. The minimum absolute atomic E-state index is 0. The molecule has 3 aliphatic heterocycles. The van der Waals surface area contributed by atoms with Gasteiger partial charge in [0.05, 0.1) is 48.1 Å². The van der Waals surface area contributed by atoms with Crippen LogP contribution in [0.3, 0.4) is 0 Å². The van der Waals surface area contributed by atoms with E-state index < -0.39 is 0 Å². The number of ether oxygens (including phenoxy) is 5. The van der Waals surface area contributed by atoms with Crippen LogP contribution in [0.15, 0.2) is 206 Å². The maximum atomic E-state index is 6.20. The summed E-state index contributed by atoms with van der Waals surface area (Å²) >= 11 is 7.49. The van der Waals surface area contributed by atoms with Crippen molar-refractivity contribution in [2.75, 3.05) is 93.6 Å².